The van der Waals surface area contributed by atoms with Gasteiger partial charge in [0.1, 0.15) is 0 Å². The molecule has 1 N–H and O–H groups in total. The van der Waals surface area contributed by atoms with E-state index in [0.717, 1.165) is 16.7 Å². The van der Waals surface area contributed by atoms with Gasteiger partial charge in [-0.05, 0) is 45.7 Å². The lowest BCUT2D eigenvalue weighted by Crippen LogP contribution is -2.49. The molecule has 0 saturated carbocycles. The molecule has 2 aromatic carbocycles. The number of piperidine rings is 1. The van der Waals surface area contributed by atoms with Crippen molar-refractivity contribution in [2.45, 2.75) is 50.5 Å². The molecule has 0 spiro atoms. The van der Waals surface area contributed by atoms with Crippen molar-refractivity contribution in [1.29, 1.82) is 0 Å². The maximum absolute atomic E-state index is 12.9. The van der Waals surface area contributed by atoms with Crippen LogP contribution in [0.3, 0.4) is 0 Å². The average molecular weight is 469 g/mol. The Hall–Kier alpha value is -3.04. The van der Waals surface area contributed by atoms with E-state index < -0.39 is 16.1 Å². The Morgan fingerprint density at radius 2 is 1.61 bits per heavy atom. The molecule has 1 aromatic heterocycles. The van der Waals surface area contributed by atoms with Crippen molar-refractivity contribution in [1.82, 2.24) is 19.8 Å². The number of nitrogens with zero attached hydrogens (tertiary/aromatic N) is 3. The molecule has 4 rings (SSSR count). The summed E-state index contributed by atoms with van der Waals surface area (Å²) in [5.74, 6) is 0.962. The largest absolute Gasteiger partial charge is 0.341 e. The number of rotatable bonds is 6. The van der Waals surface area contributed by atoms with Crippen LogP contribution in [0.5, 0.6) is 0 Å². The number of nitrogens with one attached hydrogen (secondary N) is 1. The number of aryl methyl sites for hydroxylation is 2. The van der Waals surface area contributed by atoms with E-state index in [1.54, 1.807) is 24.0 Å². The summed E-state index contributed by atoms with van der Waals surface area (Å²) in [6.45, 7) is 6.49. The zero-order chi connectivity index (χ0) is 23.6. The Morgan fingerprint density at radius 1 is 1.03 bits per heavy atom. The van der Waals surface area contributed by atoms with Gasteiger partial charge in [0.05, 0.1) is 10.9 Å². The first-order chi connectivity index (χ1) is 15.7. The van der Waals surface area contributed by atoms with E-state index in [4.69, 9.17) is 4.52 Å². The smallest absolute Gasteiger partial charge is 0.241 e. The monoisotopic (exact) mass is 468 g/mol. The standard InChI is InChI=1S/C24H28N4O4S/c1-16-4-8-19(9-5-16)22-25-23(32-26-22)20-12-14-28(15-13-20)24(29)18(3)27-33(30,31)21-10-6-17(2)7-11-21/h4-11,18,20,27H,12-15H2,1-3H3. The first-order valence-electron chi connectivity index (χ1n) is 11.0. The van der Waals surface area contributed by atoms with E-state index in [1.807, 2.05) is 38.1 Å². The van der Waals surface area contributed by atoms with Crippen molar-refractivity contribution in [2.75, 3.05) is 13.1 Å². The van der Waals surface area contributed by atoms with Crippen molar-refractivity contribution in [3.8, 4) is 11.4 Å². The van der Waals surface area contributed by atoms with E-state index in [0.29, 0.717) is 37.6 Å². The second-order valence-corrected chi connectivity index (χ2v) is 10.3. The lowest BCUT2D eigenvalue weighted by molar-refractivity contribution is -0.133. The van der Waals surface area contributed by atoms with Crippen molar-refractivity contribution in [2.24, 2.45) is 0 Å². The summed E-state index contributed by atoms with van der Waals surface area (Å²) in [6.07, 6.45) is 1.36. The van der Waals surface area contributed by atoms with Gasteiger partial charge >= 0.3 is 0 Å². The number of amides is 1. The number of sulfonamides is 1. The molecular formula is C24H28N4O4S. The van der Waals surface area contributed by atoms with Gasteiger partial charge in [-0.1, -0.05) is 52.7 Å². The summed E-state index contributed by atoms with van der Waals surface area (Å²) < 4.78 is 33.2. The van der Waals surface area contributed by atoms with E-state index >= 15 is 0 Å². The molecule has 1 saturated heterocycles. The van der Waals surface area contributed by atoms with Gasteiger partial charge in [-0.25, -0.2) is 8.42 Å². The summed E-state index contributed by atoms with van der Waals surface area (Å²) in [5, 5.41) is 4.10. The summed E-state index contributed by atoms with van der Waals surface area (Å²) in [4.78, 5) is 19.3. The van der Waals surface area contributed by atoms with Crippen LogP contribution < -0.4 is 4.72 Å². The van der Waals surface area contributed by atoms with Crippen LogP contribution in [0.25, 0.3) is 11.4 Å². The van der Waals surface area contributed by atoms with Crippen molar-refractivity contribution >= 4 is 15.9 Å². The third-order valence-electron chi connectivity index (χ3n) is 5.94. The van der Waals surface area contributed by atoms with Crippen molar-refractivity contribution in [3.05, 3.63) is 65.5 Å². The minimum absolute atomic E-state index is 0.0697. The summed E-state index contributed by atoms with van der Waals surface area (Å²) in [5.41, 5.74) is 3.03. The zero-order valence-electron chi connectivity index (χ0n) is 19.0. The van der Waals surface area contributed by atoms with Crippen LogP contribution in [0, 0.1) is 13.8 Å². The van der Waals surface area contributed by atoms with Crippen molar-refractivity contribution < 1.29 is 17.7 Å². The summed E-state index contributed by atoms with van der Waals surface area (Å²) in [6, 6.07) is 13.6. The molecule has 1 atom stereocenters. The molecule has 0 bridgehead atoms. The van der Waals surface area contributed by atoms with Crippen LogP contribution in [0.1, 0.15) is 42.7 Å². The molecule has 8 nitrogen and oxygen atoms in total. The van der Waals surface area contributed by atoms with Gasteiger partial charge in [0.25, 0.3) is 0 Å². The van der Waals surface area contributed by atoms with Gasteiger partial charge in [-0.2, -0.15) is 9.71 Å². The van der Waals surface area contributed by atoms with Crippen LogP contribution in [-0.4, -0.2) is 48.5 Å². The van der Waals surface area contributed by atoms with E-state index in [2.05, 4.69) is 14.9 Å². The number of carbonyl (C=O) groups excluding carboxylic acids is 1. The first-order valence-corrected chi connectivity index (χ1v) is 12.5. The molecule has 33 heavy (non-hydrogen) atoms. The lowest BCUT2D eigenvalue weighted by atomic mass is 9.96. The van der Waals surface area contributed by atoms with Gasteiger partial charge in [-0.3, -0.25) is 4.79 Å². The Bertz CT molecular complexity index is 1210. The molecule has 0 radical (unpaired) electrons. The average Bonchev–Trinajstić information content (AvgIpc) is 3.29. The molecule has 0 aliphatic carbocycles. The van der Waals surface area contributed by atoms with Gasteiger partial charge < -0.3 is 9.42 Å². The second kappa shape index (κ2) is 9.44. The van der Waals surface area contributed by atoms with Crippen LogP contribution in [0.4, 0.5) is 0 Å². The molecule has 1 aliphatic rings. The quantitative estimate of drug-likeness (QED) is 0.594. The highest BCUT2D eigenvalue weighted by Gasteiger charge is 2.31. The predicted octanol–water partition coefficient (Wildman–Crippen LogP) is 3.43. The Morgan fingerprint density at radius 3 is 2.21 bits per heavy atom. The fraction of sp³-hybridized carbons (Fsp3) is 0.375. The van der Waals surface area contributed by atoms with Crippen LogP contribution in [-0.2, 0) is 14.8 Å². The fourth-order valence-electron chi connectivity index (χ4n) is 3.91. The van der Waals surface area contributed by atoms with Gasteiger partial charge in [-0.15, -0.1) is 0 Å². The third-order valence-corrected chi connectivity index (χ3v) is 7.50. The number of aromatic nitrogens is 2. The van der Waals surface area contributed by atoms with E-state index in [1.165, 1.54) is 12.1 Å². The van der Waals surface area contributed by atoms with E-state index in [-0.39, 0.29) is 16.7 Å². The molecule has 1 amide bonds. The molecule has 2 heterocycles. The summed E-state index contributed by atoms with van der Waals surface area (Å²) >= 11 is 0. The Balaban J connectivity index is 1.34. The lowest BCUT2D eigenvalue weighted by Gasteiger charge is -2.32. The molecule has 174 valence electrons. The molecule has 1 fully saturated rings. The molecule has 1 unspecified atom stereocenters. The van der Waals surface area contributed by atoms with Gasteiger partial charge in [0.15, 0.2) is 0 Å². The molecule has 1 aliphatic heterocycles. The topological polar surface area (TPSA) is 105 Å². The maximum atomic E-state index is 12.9. The Labute approximate surface area is 194 Å². The zero-order valence-corrected chi connectivity index (χ0v) is 19.8. The predicted molar refractivity (Wildman–Crippen MR) is 124 cm³/mol. The number of benzene rings is 2. The Kier molecular flexibility index (Phi) is 6.62. The first kappa shape index (κ1) is 23.1. The number of hydrogen-bond acceptors (Lipinski definition) is 6. The highest BCUT2D eigenvalue weighted by atomic mass is 32.2. The van der Waals surface area contributed by atoms with E-state index in [9.17, 15) is 13.2 Å². The number of likely N-dealkylation sites (tertiary alicyclic amines) is 1. The minimum atomic E-state index is -3.77. The normalized spacial score (nSPS) is 16.0. The molecule has 3 aromatic rings. The minimum Gasteiger partial charge on any atom is -0.341 e. The van der Waals surface area contributed by atoms with Crippen LogP contribution in [0.2, 0.25) is 0 Å². The SMILES string of the molecule is Cc1ccc(-c2noc(C3CCN(C(=O)C(C)NS(=O)(=O)c4ccc(C)cc4)CC3)n2)cc1. The fourth-order valence-corrected chi connectivity index (χ4v) is 5.11. The highest BCUT2D eigenvalue weighted by Crippen LogP contribution is 2.29. The van der Waals surface area contributed by atoms with Gasteiger partial charge in [0.2, 0.25) is 27.6 Å². The molecule has 9 heteroatoms. The summed E-state index contributed by atoms with van der Waals surface area (Å²) in [7, 11) is -3.77. The van der Waals surface area contributed by atoms with Crippen LogP contribution >= 0.6 is 0 Å². The van der Waals surface area contributed by atoms with Crippen molar-refractivity contribution in [3.63, 3.8) is 0 Å². The molecular weight excluding hydrogens is 440 g/mol. The number of hydrogen-bond donors (Lipinski definition) is 1. The highest BCUT2D eigenvalue weighted by molar-refractivity contribution is 7.89. The second-order valence-electron chi connectivity index (χ2n) is 8.58. The van der Waals surface area contributed by atoms with Crippen LogP contribution in [0.15, 0.2) is 57.9 Å². The maximum Gasteiger partial charge on any atom is 0.241 e. The van der Waals surface area contributed by atoms with Gasteiger partial charge in [0, 0.05) is 24.6 Å². The number of carbonyl (C=O) groups is 1. The third kappa shape index (κ3) is 5.31.